The lowest BCUT2D eigenvalue weighted by molar-refractivity contribution is -0.163. The second-order valence-electron chi connectivity index (χ2n) is 2.98. The Kier molecular flexibility index (Phi) is 3.28. The molecule has 1 heterocycles. The van der Waals surface area contributed by atoms with Crippen LogP contribution in [0.25, 0.3) is 0 Å². The number of rotatable bonds is 3. The summed E-state index contributed by atoms with van der Waals surface area (Å²) in [6.07, 6.45) is -3.19. The number of halogens is 3. The Morgan fingerprint density at radius 2 is 2.20 bits per heavy atom. The molecule has 15 heavy (non-hydrogen) atoms. The molecule has 1 rings (SSSR count). The minimum Gasteiger partial charge on any atom is -0.481 e. The Hall–Kier alpha value is -1.59. The molecule has 82 valence electrons. The van der Waals surface area contributed by atoms with E-state index in [1.807, 2.05) is 0 Å². The quantitative estimate of drug-likeness (QED) is 0.847. The van der Waals surface area contributed by atoms with E-state index >= 15 is 0 Å². The van der Waals surface area contributed by atoms with Crippen LogP contribution in [0, 0.1) is 0 Å². The largest absolute Gasteiger partial charge is 0.481 e. The summed E-state index contributed by atoms with van der Waals surface area (Å²) in [4.78, 5) is 13.8. The van der Waals surface area contributed by atoms with Crippen LogP contribution < -0.4 is 0 Å². The first-order chi connectivity index (χ1) is 6.91. The highest BCUT2D eigenvalue weighted by Crippen LogP contribution is 2.36. The Balaban J connectivity index is 2.97. The van der Waals surface area contributed by atoms with Crippen molar-refractivity contribution in [2.24, 2.45) is 0 Å². The lowest BCUT2D eigenvalue weighted by Crippen LogP contribution is -2.23. The van der Waals surface area contributed by atoms with Crippen molar-refractivity contribution in [3.63, 3.8) is 0 Å². The molecule has 0 spiro atoms. The molecule has 0 amide bonds. The minimum absolute atomic E-state index is 0.132. The van der Waals surface area contributed by atoms with Gasteiger partial charge in [-0.1, -0.05) is 6.07 Å². The van der Waals surface area contributed by atoms with E-state index < -0.39 is 24.5 Å². The fraction of sp³-hybridized carbons (Fsp3) is 0.333. The Morgan fingerprint density at radius 1 is 1.53 bits per heavy atom. The second-order valence-corrected chi connectivity index (χ2v) is 2.98. The lowest BCUT2D eigenvalue weighted by atomic mass is 9.97. The van der Waals surface area contributed by atoms with Crippen LogP contribution in [0.3, 0.4) is 0 Å². The monoisotopic (exact) mass is 219 g/mol. The number of pyridine rings is 1. The fourth-order valence-electron chi connectivity index (χ4n) is 1.18. The van der Waals surface area contributed by atoms with Crippen molar-refractivity contribution in [3.05, 3.63) is 30.1 Å². The molecular formula is C9H8F3NO2. The predicted molar refractivity (Wildman–Crippen MR) is 45.3 cm³/mol. The van der Waals surface area contributed by atoms with Gasteiger partial charge in [0.2, 0.25) is 0 Å². The zero-order chi connectivity index (χ0) is 11.5. The number of nitrogens with zero attached hydrogens (tertiary/aromatic N) is 1. The zero-order valence-electron chi connectivity index (χ0n) is 7.53. The molecule has 0 radical (unpaired) electrons. The molecule has 0 bridgehead atoms. The van der Waals surface area contributed by atoms with Crippen LogP contribution in [0.1, 0.15) is 17.9 Å². The van der Waals surface area contributed by atoms with Gasteiger partial charge in [0.1, 0.15) is 0 Å². The van der Waals surface area contributed by atoms with E-state index in [1.54, 1.807) is 0 Å². The second kappa shape index (κ2) is 4.29. The van der Waals surface area contributed by atoms with Gasteiger partial charge in [-0.2, -0.15) is 13.2 Å². The highest BCUT2D eigenvalue weighted by atomic mass is 19.4. The Morgan fingerprint density at radius 3 is 2.60 bits per heavy atom. The van der Waals surface area contributed by atoms with Gasteiger partial charge in [0, 0.05) is 12.4 Å². The van der Waals surface area contributed by atoms with Gasteiger partial charge in [0.05, 0.1) is 12.3 Å². The van der Waals surface area contributed by atoms with Gasteiger partial charge in [-0.05, 0) is 11.6 Å². The van der Waals surface area contributed by atoms with E-state index in [9.17, 15) is 18.0 Å². The highest BCUT2D eigenvalue weighted by Gasteiger charge is 2.42. The van der Waals surface area contributed by atoms with Gasteiger partial charge in [0.15, 0.2) is 0 Å². The van der Waals surface area contributed by atoms with E-state index in [-0.39, 0.29) is 5.56 Å². The maximum Gasteiger partial charge on any atom is 0.396 e. The van der Waals surface area contributed by atoms with Gasteiger partial charge >= 0.3 is 12.1 Å². The van der Waals surface area contributed by atoms with Crippen LogP contribution in [-0.4, -0.2) is 22.2 Å². The van der Waals surface area contributed by atoms with E-state index in [0.29, 0.717) is 0 Å². The predicted octanol–water partition coefficient (Wildman–Crippen LogP) is 2.20. The van der Waals surface area contributed by atoms with Gasteiger partial charge in [-0.3, -0.25) is 9.78 Å². The van der Waals surface area contributed by atoms with E-state index in [1.165, 1.54) is 18.3 Å². The van der Waals surface area contributed by atoms with Crippen LogP contribution >= 0.6 is 0 Å². The number of alkyl halides is 3. The molecule has 0 saturated carbocycles. The van der Waals surface area contributed by atoms with Crippen LogP contribution in [0.2, 0.25) is 0 Å². The molecule has 3 nitrogen and oxygen atoms in total. The lowest BCUT2D eigenvalue weighted by Gasteiger charge is -2.18. The van der Waals surface area contributed by atoms with Crippen molar-refractivity contribution in [3.8, 4) is 0 Å². The van der Waals surface area contributed by atoms with Gasteiger partial charge in [-0.15, -0.1) is 0 Å². The molecule has 0 fully saturated rings. The molecule has 0 aromatic carbocycles. The van der Waals surface area contributed by atoms with Gasteiger partial charge in [-0.25, -0.2) is 0 Å². The summed E-state index contributed by atoms with van der Waals surface area (Å²) < 4.78 is 37.4. The fourth-order valence-corrected chi connectivity index (χ4v) is 1.18. The summed E-state index contributed by atoms with van der Waals surface area (Å²) in [7, 11) is 0. The summed E-state index contributed by atoms with van der Waals surface area (Å²) in [5.41, 5.74) is -0.132. The minimum atomic E-state index is -4.57. The smallest absolute Gasteiger partial charge is 0.396 e. The first-order valence-corrected chi connectivity index (χ1v) is 4.09. The number of hydrogen-bond donors (Lipinski definition) is 1. The van der Waals surface area contributed by atoms with Crippen molar-refractivity contribution >= 4 is 5.97 Å². The summed E-state index contributed by atoms with van der Waals surface area (Å²) in [5.74, 6) is -3.48. The molecular weight excluding hydrogens is 211 g/mol. The average molecular weight is 219 g/mol. The first kappa shape index (κ1) is 11.5. The van der Waals surface area contributed by atoms with Gasteiger partial charge in [0.25, 0.3) is 0 Å². The molecule has 0 saturated heterocycles. The number of aromatic nitrogens is 1. The molecule has 1 atom stereocenters. The normalized spacial score (nSPS) is 13.5. The standard InChI is InChI=1S/C9H8F3NO2/c10-9(11,12)7(4-8(14)15)6-2-1-3-13-5-6/h1-3,5,7H,4H2,(H,14,15). The van der Waals surface area contributed by atoms with Crippen molar-refractivity contribution in [1.82, 2.24) is 4.98 Å². The molecule has 0 aliphatic carbocycles. The first-order valence-electron chi connectivity index (χ1n) is 4.09. The van der Waals surface area contributed by atoms with E-state index in [2.05, 4.69) is 4.98 Å². The third-order valence-electron chi connectivity index (χ3n) is 1.86. The summed E-state index contributed by atoms with van der Waals surface area (Å²) in [5, 5.41) is 8.39. The zero-order valence-corrected chi connectivity index (χ0v) is 7.53. The summed E-state index contributed by atoms with van der Waals surface area (Å²) >= 11 is 0. The number of carboxylic acid groups (broad SMARTS) is 1. The third kappa shape index (κ3) is 3.23. The molecule has 0 aliphatic heterocycles. The average Bonchev–Trinajstić information content (AvgIpc) is 2.14. The molecule has 1 aromatic rings. The van der Waals surface area contributed by atoms with Crippen molar-refractivity contribution in [2.75, 3.05) is 0 Å². The number of hydrogen-bond acceptors (Lipinski definition) is 2. The topological polar surface area (TPSA) is 50.2 Å². The number of carboxylic acids is 1. The molecule has 1 N–H and O–H groups in total. The van der Waals surface area contributed by atoms with Crippen molar-refractivity contribution in [1.29, 1.82) is 0 Å². The maximum atomic E-state index is 12.5. The Labute approximate surface area is 83.6 Å². The number of aliphatic carboxylic acids is 1. The molecule has 1 aromatic heterocycles. The molecule has 0 aliphatic rings. The van der Waals surface area contributed by atoms with E-state index in [0.717, 1.165) is 6.20 Å². The summed E-state index contributed by atoms with van der Waals surface area (Å²) in [6.45, 7) is 0. The van der Waals surface area contributed by atoms with Crippen LogP contribution in [0.15, 0.2) is 24.5 Å². The number of carbonyl (C=O) groups is 1. The van der Waals surface area contributed by atoms with Crippen LogP contribution in [0.4, 0.5) is 13.2 Å². The maximum absolute atomic E-state index is 12.5. The van der Waals surface area contributed by atoms with Gasteiger partial charge < -0.3 is 5.11 Å². The Bertz CT molecular complexity index is 337. The van der Waals surface area contributed by atoms with Crippen molar-refractivity contribution < 1.29 is 23.1 Å². The highest BCUT2D eigenvalue weighted by molar-refractivity contribution is 5.68. The third-order valence-corrected chi connectivity index (χ3v) is 1.86. The summed E-state index contributed by atoms with van der Waals surface area (Å²) in [6, 6.07) is 2.56. The van der Waals surface area contributed by atoms with Crippen LogP contribution in [0.5, 0.6) is 0 Å². The molecule has 6 heteroatoms. The SMILES string of the molecule is O=C(O)CC(c1cccnc1)C(F)(F)F. The molecule has 1 unspecified atom stereocenters. The van der Waals surface area contributed by atoms with Crippen LogP contribution in [-0.2, 0) is 4.79 Å². The van der Waals surface area contributed by atoms with E-state index in [4.69, 9.17) is 5.11 Å². The van der Waals surface area contributed by atoms with Crippen molar-refractivity contribution in [2.45, 2.75) is 18.5 Å².